The molecule has 0 heterocycles. The van der Waals surface area contributed by atoms with Gasteiger partial charge in [0.15, 0.2) is 8.32 Å². The Morgan fingerprint density at radius 2 is 1.62 bits per heavy atom. The van der Waals surface area contributed by atoms with Crippen LogP contribution in [0.15, 0.2) is 12.7 Å². The minimum absolute atomic E-state index is 0.101. The molecular formula is C13H30OSi2. The zero-order valence-electron chi connectivity index (χ0n) is 12.5. The van der Waals surface area contributed by atoms with Gasteiger partial charge < -0.3 is 4.43 Å². The molecule has 0 spiro atoms. The van der Waals surface area contributed by atoms with Crippen molar-refractivity contribution in [1.29, 1.82) is 0 Å². The summed E-state index contributed by atoms with van der Waals surface area (Å²) in [7, 11) is -2.12. The number of rotatable bonds is 6. The molecular weight excluding hydrogens is 228 g/mol. The maximum Gasteiger partial charge on any atom is 0.184 e. The maximum atomic E-state index is 6.37. The van der Waals surface area contributed by atoms with Gasteiger partial charge in [-0.2, -0.15) is 0 Å². The van der Waals surface area contributed by atoms with Crippen molar-refractivity contribution in [3.05, 3.63) is 12.7 Å². The van der Waals surface area contributed by atoms with Crippen LogP contribution in [0.5, 0.6) is 0 Å². The predicted octanol–water partition coefficient (Wildman–Crippen LogP) is 4.30. The van der Waals surface area contributed by atoms with Crippen molar-refractivity contribution in [2.75, 3.05) is 0 Å². The van der Waals surface area contributed by atoms with Crippen LogP contribution in [0.2, 0.25) is 38.8 Å². The summed E-state index contributed by atoms with van der Waals surface area (Å²) in [6.45, 7) is 22.3. The Morgan fingerprint density at radius 1 is 1.19 bits per heavy atom. The lowest BCUT2D eigenvalue weighted by Crippen LogP contribution is -2.49. The van der Waals surface area contributed by atoms with E-state index in [4.69, 9.17) is 4.43 Å². The van der Waals surface area contributed by atoms with E-state index in [2.05, 4.69) is 66.2 Å². The Kier molecular flexibility index (Phi) is 5.23. The second kappa shape index (κ2) is 5.19. The summed E-state index contributed by atoms with van der Waals surface area (Å²) in [5, 5.41) is 0. The zero-order valence-corrected chi connectivity index (χ0v) is 14.6. The monoisotopic (exact) mass is 258 g/mol. The standard InChI is InChI=1S/C13H30OSi2/c1-10-13(4,11-15(5)6)12(2,3)14-16(7,8)9/h10,15H,1,11H2,2-9H3. The summed E-state index contributed by atoms with van der Waals surface area (Å²) in [5.41, 5.74) is 0.00413. The van der Waals surface area contributed by atoms with Gasteiger partial charge in [-0.15, -0.1) is 6.58 Å². The topological polar surface area (TPSA) is 9.23 Å². The molecule has 0 bridgehead atoms. The normalized spacial score (nSPS) is 17.3. The highest BCUT2D eigenvalue weighted by atomic mass is 28.4. The minimum Gasteiger partial charge on any atom is -0.412 e. The van der Waals surface area contributed by atoms with Crippen molar-refractivity contribution in [3.8, 4) is 0 Å². The van der Waals surface area contributed by atoms with Gasteiger partial charge in [-0.05, 0) is 39.5 Å². The molecule has 0 aromatic heterocycles. The largest absolute Gasteiger partial charge is 0.412 e. The van der Waals surface area contributed by atoms with Crippen molar-refractivity contribution >= 4 is 17.1 Å². The molecule has 96 valence electrons. The lowest BCUT2D eigenvalue weighted by atomic mass is 9.77. The molecule has 0 fully saturated rings. The third-order valence-corrected chi connectivity index (χ3v) is 6.01. The molecule has 1 atom stereocenters. The average Bonchev–Trinajstić information content (AvgIpc) is 1.97. The summed E-state index contributed by atoms with van der Waals surface area (Å²) in [5.74, 6) is 0. The molecule has 0 saturated heterocycles. The fourth-order valence-electron chi connectivity index (χ4n) is 2.31. The average molecular weight is 259 g/mol. The van der Waals surface area contributed by atoms with Crippen LogP contribution in [0.3, 0.4) is 0 Å². The number of hydrogen-bond acceptors (Lipinski definition) is 1. The molecule has 1 unspecified atom stereocenters. The van der Waals surface area contributed by atoms with E-state index in [-0.39, 0.29) is 11.0 Å². The van der Waals surface area contributed by atoms with E-state index >= 15 is 0 Å². The molecule has 0 N–H and O–H groups in total. The first-order chi connectivity index (χ1) is 6.93. The fourth-order valence-corrected chi connectivity index (χ4v) is 6.42. The third-order valence-electron chi connectivity index (χ3n) is 3.22. The van der Waals surface area contributed by atoms with Gasteiger partial charge in [0, 0.05) is 14.2 Å². The highest BCUT2D eigenvalue weighted by molar-refractivity contribution is 6.69. The predicted molar refractivity (Wildman–Crippen MR) is 80.5 cm³/mol. The zero-order chi connectivity index (χ0) is 13.2. The molecule has 0 saturated carbocycles. The third kappa shape index (κ3) is 4.56. The molecule has 0 aliphatic carbocycles. The van der Waals surface area contributed by atoms with Crippen LogP contribution >= 0.6 is 0 Å². The first-order valence-electron chi connectivity index (χ1n) is 6.27. The summed E-state index contributed by atoms with van der Waals surface area (Å²) in [6, 6.07) is 1.26. The molecule has 3 heteroatoms. The quantitative estimate of drug-likeness (QED) is 0.510. The Bertz CT molecular complexity index is 241. The van der Waals surface area contributed by atoms with E-state index in [1.54, 1.807) is 0 Å². The van der Waals surface area contributed by atoms with E-state index in [0.29, 0.717) is 0 Å². The second-order valence-electron chi connectivity index (χ2n) is 6.94. The lowest BCUT2D eigenvalue weighted by Gasteiger charge is -2.46. The smallest absolute Gasteiger partial charge is 0.184 e. The highest BCUT2D eigenvalue weighted by Gasteiger charge is 2.42. The Balaban J connectivity index is 4.98. The van der Waals surface area contributed by atoms with Crippen LogP contribution in [-0.4, -0.2) is 22.7 Å². The molecule has 1 nitrogen and oxygen atoms in total. The molecule has 0 rings (SSSR count). The minimum atomic E-state index is -1.50. The van der Waals surface area contributed by atoms with Crippen molar-refractivity contribution in [3.63, 3.8) is 0 Å². The van der Waals surface area contributed by atoms with Crippen LogP contribution in [0.1, 0.15) is 20.8 Å². The molecule has 0 amide bonds. The lowest BCUT2D eigenvalue weighted by molar-refractivity contribution is 0.0107. The van der Waals surface area contributed by atoms with Gasteiger partial charge in [0.05, 0.1) is 5.60 Å². The Morgan fingerprint density at radius 3 is 1.88 bits per heavy atom. The first kappa shape index (κ1) is 16.1. The molecule has 0 aromatic rings. The van der Waals surface area contributed by atoms with E-state index in [9.17, 15) is 0 Å². The van der Waals surface area contributed by atoms with Gasteiger partial charge in [-0.3, -0.25) is 0 Å². The summed E-state index contributed by atoms with van der Waals surface area (Å²) in [4.78, 5) is 0. The van der Waals surface area contributed by atoms with Crippen molar-refractivity contribution < 1.29 is 4.43 Å². The van der Waals surface area contributed by atoms with E-state index in [1.807, 2.05) is 0 Å². The first-order valence-corrected chi connectivity index (χ1v) is 12.8. The van der Waals surface area contributed by atoms with Crippen molar-refractivity contribution in [1.82, 2.24) is 0 Å². The van der Waals surface area contributed by atoms with Gasteiger partial charge >= 0.3 is 0 Å². The molecule has 16 heavy (non-hydrogen) atoms. The fraction of sp³-hybridized carbons (Fsp3) is 0.846. The van der Waals surface area contributed by atoms with Gasteiger partial charge in [-0.1, -0.05) is 26.1 Å². The summed E-state index contributed by atoms with van der Waals surface area (Å²) >= 11 is 0. The molecule has 0 aliphatic heterocycles. The molecule has 0 radical (unpaired) electrons. The molecule has 0 aliphatic rings. The van der Waals surface area contributed by atoms with Gasteiger partial charge in [0.2, 0.25) is 0 Å². The van der Waals surface area contributed by atoms with Crippen LogP contribution in [0.4, 0.5) is 0 Å². The Labute approximate surface area is 105 Å². The van der Waals surface area contributed by atoms with Crippen LogP contribution in [0, 0.1) is 5.41 Å². The van der Waals surface area contributed by atoms with E-state index in [1.165, 1.54) is 6.04 Å². The maximum absolute atomic E-state index is 6.37. The summed E-state index contributed by atoms with van der Waals surface area (Å²) < 4.78 is 6.37. The van der Waals surface area contributed by atoms with Crippen LogP contribution in [0.25, 0.3) is 0 Å². The van der Waals surface area contributed by atoms with Gasteiger partial charge in [-0.25, -0.2) is 0 Å². The second-order valence-corrected chi connectivity index (χ2v) is 14.6. The van der Waals surface area contributed by atoms with Crippen molar-refractivity contribution in [2.24, 2.45) is 5.41 Å². The number of hydrogen-bond donors (Lipinski definition) is 0. The van der Waals surface area contributed by atoms with E-state index in [0.717, 1.165) is 0 Å². The molecule has 0 aromatic carbocycles. The van der Waals surface area contributed by atoms with Gasteiger partial charge in [0.1, 0.15) is 0 Å². The van der Waals surface area contributed by atoms with E-state index < -0.39 is 17.1 Å². The van der Waals surface area contributed by atoms with Gasteiger partial charge in [0.25, 0.3) is 0 Å². The Hall–Kier alpha value is 0.134. The van der Waals surface area contributed by atoms with Crippen LogP contribution < -0.4 is 0 Å². The summed E-state index contributed by atoms with van der Waals surface area (Å²) in [6.07, 6.45) is 2.11. The SMILES string of the molecule is C=CC(C)(C[SiH](C)C)C(C)(C)O[Si](C)(C)C. The van der Waals surface area contributed by atoms with Crippen LogP contribution in [-0.2, 0) is 4.43 Å². The van der Waals surface area contributed by atoms with Crippen molar-refractivity contribution in [2.45, 2.75) is 65.2 Å². The highest BCUT2D eigenvalue weighted by Crippen LogP contribution is 2.41.